The molecule has 9 heteroatoms. The topological polar surface area (TPSA) is 112 Å². The number of hydrogen-bond acceptors (Lipinski definition) is 5. The van der Waals surface area contributed by atoms with Gasteiger partial charge in [0.15, 0.2) is 0 Å². The first-order chi connectivity index (χ1) is 18.8. The Morgan fingerprint density at radius 3 is 2.49 bits per heavy atom. The molecule has 39 heavy (non-hydrogen) atoms. The van der Waals surface area contributed by atoms with Gasteiger partial charge in [-0.2, -0.15) is 10.1 Å². The van der Waals surface area contributed by atoms with Crippen molar-refractivity contribution in [1.82, 2.24) is 5.32 Å². The Hall–Kier alpha value is -4.95. The third-order valence-electron chi connectivity index (χ3n) is 6.13. The summed E-state index contributed by atoms with van der Waals surface area (Å²) < 4.78 is 5.97. The molecule has 2 N–H and O–H groups in total. The average Bonchev–Trinajstić information content (AvgIpc) is 3.53. The summed E-state index contributed by atoms with van der Waals surface area (Å²) in [5.74, 6) is -0.798. The number of benzene rings is 3. The van der Waals surface area contributed by atoms with Crippen molar-refractivity contribution in [2.45, 2.75) is 13.5 Å². The van der Waals surface area contributed by atoms with Crippen LogP contribution in [0.25, 0.3) is 17.4 Å². The normalized spacial score (nSPS) is 14.0. The summed E-state index contributed by atoms with van der Waals surface area (Å²) >= 11 is 6.31. The molecule has 2 amide bonds. The lowest BCUT2D eigenvalue weighted by atomic mass is 10.1. The van der Waals surface area contributed by atoms with E-state index >= 15 is 0 Å². The number of carboxylic acid groups (broad SMARTS) is 1. The highest BCUT2D eigenvalue weighted by Gasteiger charge is 2.29. The molecule has 0 radical (unpaired) electrons. The van der Waals surface area contributed by atoms with E-state index in [1.54, 1.807) is 43.3 Å². The molecule has 4 aromatic rings. The second-order valence-corrected chi connectivity index (χ2v) is 9.18. The van der Waals surface area contributed by atoms with E-state index in [1.165, 1.54) is 29.3 Å². The van der Waals surface area contributed by atoms with Gasteiger partial charge in [0, 0.05) is 12.1 Å². The maximum Gasteiger partial charge on any atom is 0.335 e. The molecule has 0 spiro atoms. The minimum atomic E-state index is -1.05. The molecule has 2 heterocycles. The first-order valence-corrected chi connectivity index (χ1v) is 12.3. The number of carboxylic acids is 1. The predicted molar refractivity (Wildman–Crippen MR) is 149 cm³/mol. The number of amides is 2. The van der Waals surface area contributed by atoms with Crippen molar-refractivity contribution < 1.29 is 23.9 Å². The van der Waals surface area contributed by atoms with Crippen LogP contribution in [0, 0.1) is 0 Å². The number of hydrazone groups is 1. The van der Waals surface area contributed by atoms with Gasteiger partial charge in [0.05, 0.1) is 33.1 Å². The Morgan fingerprint density at radius 2 is 1.77 bits per heavy atom. The van der Waals surface area contributed by atoms with Crippen LogP contribution >= 0.6 is 11.6 Å². The van der Waals surface area contributed by atoms with E-state index < -0.39 is 5.97 Å². The van der Waals surface area contributed by atoms with E-state index in [4.69, 9.17) is 21.1 Å². The summed E-state index contributed by atoms with van der Waals surface area (Å²) in [5, 5.41) is 17.8. The minimum Gasteiger partial charge on any atom is -0.478 e. The monoisotopic (exact) mass is 539 g/mol. The summed E-state index contributed by atoms with van der Waals surface area (Å²) in [7, 11) is 0. The first kappa shape index (κ1) is 25.7. The second kappa shape index (κ2) is 10.8. The summed E-state index contributed by atoms with van der Waals surface area (Å²) in [6, 6.07) is 24.0. The van der Waals surface area contributed by atoms with Gasteiger partial charge in [-0.1, -0.05) is 41.9 Å². The average molecular weight is 540 g/mol. The molecule has 0 saturated heterocycles. The predicted octanol–water partition coefficient (Wildman–Crippen LogP) is 6.03. The largest absolute Gasteiger partial charge is 0.478 e. The Kier molecular flexibility index (Phi) is 7.12. The Labute approximate surface area is 228 Å². The van der Waals surface area contributed by atoms with Crippen LogP contribution in [-0.4, -0.2) is 28.6 Å². The van der Waals surface area contributed by atoms with Crippen LogP contribution in [0.15, 0.2) is 100 Å². The zero-order valence-corrected chi connectivity index (χ0v) is 21.5. The molecule has 3 aromatic carbocycles. The molecule has 5 rings (SSSR count). The molecule has 1 aliphatic rings. The SMILES string of the molecule is CC1=NN(c2ccc(C(=O)O)cc2)C(=O)C1=Cc1ccc(-c2ccc(Cl)c(C(=O)NCc3ccccc3)c2)o1. The van der Waals surface area contributed by atoms with Gasteiger partial charge >= 0.3 is 5.97 Å². The van der Waals surface area contributed by atoms with Crippen LogP contribution in [0.2, 0.25) is 5.02 Å². The molecule has 0 bridgehead atoms. The highest BCUT2D eigenvalue weighted by Crippen LogP contribution is 2.30. The van der Waals surface area contributed by atoms with Gasteiger partial charge in [-0.25, -0.2) is 4.79 Å². The van der Waals surface area contributed by atoms with Crippen LogP contribution in [0.3, 0.4) is 0 Å². The van der Waals surface area contributed by atoms with E-state index in [1.807, 2.05) is 30.3 Å². The highest BCUT2D eigenvalue weighted by molar-refractivity contribution is 6.34. The Morgan fingerprint density at radius 1 is 1.03 bits per heavy atom. The fourth-order valence-corrected chi connectivity index (χ4v) is 4.26. The standard InChI is InChI=1S/C30H22ClN3O5/c1-18-24(29(36)34(33-18)22-10-7-20(8-11-22)30(37)38)16-23-12-14-27(39-23)21-9-13-26(31)25(15-21)28(35)32-17-19-5-3-2-4-6-19/h2-16H,17H2,1H3,(H,32,35)(H,37,38). The van der Waals surface area contributed by atoms with Crippen molar-refractivity contribution in [2.75, 3.05) is 5.01 Å². The zero-order chi connectivity index (χ0) is 27.5. The lowest BCUT2D eigenvalue weighted by Gasteiger charge is -2.11. The third kappa shape index (κ3) is 5.51. The molecule has 0 unspecified atom stereocenters. The zero-order valence-electron chi connectivity index (χ0n) is 20.7. The van der Waals surface area contributed by atoms with Gasteiger partial charge in [-0.15, -0.1) is 0 Å². The number of rotatable bonds is 7. The number of hydrogen-bond donors (Lipinski definition) is 2. The van der Waals surface area contributed by atoms with Crippen LogP contribution < -0.4 is 10.3 Å². The van der Waals surface area contributed by atoms with Crippen molar-refractivity contribution in [2.24, 2.45) is 5.10 Å². The van der Waals surface area contributed by atoms with E-state index in [0.29, 0.717) is 51.2 Å². The molecule has 194 valence electrons. The second-order valence-electron chi connectivity index (χ2n) is 8.78. The fraction of sp³-hybridized carbons (Fsp3) is 0.0667. The molecule has 8 nitrogen and oxygen atoms in total. The molecule has 1 aromatic heterocycles. The molecule has 0 saturated carbocycles. The maximum absolute atomic E-state index is 13.1. The molecule has 0 fully saturated rings. The molecular weight excluding hydrogens is 518 g/mol. The summed E-state index contributed by atoms with van der Waals surface area (Å²) in [6.07, 6.45) is 1.60. The number of carbonyl (C=O) groups excluding carboxylic acids is 2. The maximum atomic E-state index is 13.1. The van der Waals surface area contributed by atoms with Gasteiger partial charge < -0.3 is 14.8 Å². The smallest absolute Gasteiger partial charge is 0.335 e. The van der Waals surface area contributed by atoms with Crippen molar-refractivity contribution in [3.8, 4) is 11.3 Å². The van der Waals surface area contributed by atoms with E-state index in [2.05, 4.69) is 10.4 Å². The number of carbonyl (C=O) groups is 3. The van der Waals surface area contributed by atoms with Crippen LogP contribution in [0.4, 0.5) is 5.69 Å². The van der Waals surface area contributed by atoms with Crippen molar-refractivity contribution in [1.29, 1.82) is 0 Å². The Bertz CT molecular complexity index is 1640. The van der Waals surface area contributed by atoms with Gasteiger partial charge in [0.1, 0.15) is 11.5 Å². The number of aromatic carboxylic acids is 1. The van der Waals surface area contributed by atoms with E-state index in [-0.39, 0.29) is 17.4 Å². The minimum absolute atomic E-state index is 0.115. The van der Waals surface area contributed by atoms with Gasteiger partial charge in [-0.3, -0.25) is 9.59 Å². The summed E-state index contributed by atoms with van der Waals surface area (Å²) in [5.41, 5.74) is 3.34. The van der Waals surface area contributed by atoms with E-state index in [9.17, 15) is 14.4 Å². The lowest BCUT2D eigenvalue weighted by molar-refractivity contribution is -0.114. The van der Waals surface area contributed by atoms with Gasteiger partial charge in [0.2, 0.25) is 0 Å². The quantitative estimate of drug-likeness (QED) is 0.278. The van der Waals surface area contributed by atoms with Gasteiger partial charge in [-0.05, 0) is 73.2 Å². The number of nitrogens with zero attached hydrogens (tertiary/aromatic N) is 2. The molecule has 1 aliphatic heterocycles. The summed E-state index contributed by atoms with van der Waals surface area (Å²) in [6.45, 7) is 2.08. The number of anilines is 1. The number of furan rings is 1. The number of halogens is 1. The van der Waals surface area contributed by atoms with Crippen LogP contribution in [-0.2, 0) is 11.3 Å². The van der Waals surface area contributed by atoms with Crippen molar-refractivity contribution in [3.05, 3.63) is 118 Å². The third-order valence-corrected chi connectivity index (χ3v) is 6.46. The molecule has 0 aliphatic carbocycles. The molecular formula is C30H22ClN3O5. The Balaban J connectivity index is 1.33. The fourth-order valence-electron chi connectivity index (χ4n) is 4.06. The van der Waals surface area contributed by atoms with Crippen LogP contribution in [0.1, 0.15) is 39.0 Å². The highest BCUT2D eigenvalue weighted by atomic mass is 35.5. The number of nitrogens with one attached hydrogen (secondary N) is 1. The first-order valence-electron chi connectivity index (χ1n) is 12.0. The van der Waals surface area contributed by atoms with Gasteiger partial charge in [0.25, 0.3) is 11.8 Å². The lowest BCUT2D eigenvalue weighted by Crippen LogP contribution is -2.23. The summed E-state index contributed by atoms with van der Waals surface area (Å²) in [4.78, 5) is 37.0. The van der Waals surface area contributed by atoms with Crippen molar-refractivity contribution in [3.63, 3.8) is 0 Å². The van der Waals surface area contributed by atoms with Crippen molar-refractivity contribution >= 4 is 46.9 Å². The van der Waals surface area contributed by atoms with E-state index in [0.717, 1.165) is 5.56 Å². The van der Waals surface area contributed by atoms with Crippen LogP contribution in [0.5, 0.6) is 0 Å². The molecule has 0 atom stereocenters.